The van der Waals surface area contributed by atoms with Crippen LogP contribution < -0.4 is 10.6 Å². The van der Waals surface area contributed by atoms with Crippen LogP contribution >= 0.6 is 0 Å². The Balaban J connectivity index is 2.99. The Labute approximate surface area is 116 Å². The van der Waals surface area contributed by atoms with Crippen LogP contribution in [0.5, 0.6) is 0 Å². The molecule has 0 radical (unpaired) electrons. The van der Waals surface area contributed by atoms with Gasteiger partial charge in [0, 0.05) is 19.8 Å². The summed E-state index contributed by atoms with van der Waals surface area (Å²) < 4.78 is 0. The molecule has 4 nitrogen and oxygen atoms in total. The molecule has 0 spiro atoms. The predicted molar refractivity (Wildman–Crippen MR) is 79.0 cm³/mol. The molecule has 0 unspecified atom stereocenters. The van der Waals surface area contributed by atoms with Crippen LogP contribution in [0.15, 0.2) is 24.4 Å². The monoisotopic (exact) mass is 263 g/mol. The molecule has 0 aliphatic rings. The number of hydrogen-bond acceptors (Lipinski definition) is 3. The highest BCUT2D eigenvalue weighted by Crippen LogP contribution is 2.32. The number of rotatable bonds is 7. The summed E-state index contributed by atoms with van der Waals surface area (Å²) in [6.07, 6.45) is 5.27. The van der Waals surface area contributed by atoms with E-state index in [1.54, 1.807) is 18.1 Å². The van der Waals surface area contributed by atoms with Crippen molar-refractivity contribution in [2.75, 3.05) is 18.5 Å². The lowest BCUT2D eigenvalue weighted by molar-refractivity contribution is -0.128. The molecule has 106 valence electrons. The summed E-state index contributed by atoms with van der Waals surface area (Å²) in [5.41, 5.74) is 5.48. The molecule has 0 fully saturated rings. The lowest BCUT2D eigenvalue weighted by atomic mass is 9.78. The van der Waals surface area contributed by atoms with E-state index in [1.165, 1.54) is 0 Å². The summed E-state index contributed by atoms with van der Waals surface area (Å²) >= 11 is 0. The Morgan fingerprint density at radius 3 is 2.37 bits per heavy atom. The van der Waals surface area contributed by atoms with Gasteiger partial charge in [0.15, 0.2) is 0 Å². The lowest BCUT2D eigenvalue weighted by Crippen LogP contribution is -2.47. The normalized spacial score (nSPS) is 11.4. The molecule has 0 aliphatic carbocycles. The van der Waals surface area contributed by atoms with Gasteiger partial charge >= 0.3 is 0 Å². The summed E-state index contributed by atoms with van der Waals surface area (Å²) in [5, 5.41) is 0. The second-order valence-electron chi connectivity index (χ2n) is 5.04. The van der Waals surface area contributed by atoms with Gasteiger partial charge in [-0.05, 0) is 25.0 Å². The van der Waals surface area contributed by atoms with Crippen molar-refractivity contribution in [2.45, 2.75) is 39.5 Å². The SMILES string of the molecule is CCCC(CN)(CCC)C(=O)N(C)c1ccccn1. The van der Waals surface area contributed by atoms with Gasteiger partial charge in [0.05, 0.1) is 5.41 Å². The molecule has 1 aromatic rings. The Morgan fingerprint density at radius 1 is 1.32 bits per heavy atom. The molecule has 1 rings (SSSR count). The minimum absolute atomic E-state index is 0.0809. The van der Waals surface area contributed by atoms with Crippen molar-refractivity contribution in [1.82, 2.24) is 4.98 Å². The Hall–Kier alpha value is -1.42. The maximum Gasteiger partial charge on any atom is 0.235 e. The fourth-order valence-electron chi connectivity index (χ4n) is 2.60. The molecule has 1 heterocycles. The molecular weight excluding hydrogens is 238 g/mol. The fraction of sp³-hybridized carbons (Fsp3) is 0.600. The largest absolute Gasteiger partial charge is 0.329 e. The zero-order valence-corrected chi connectivity index (χ0v) is 12.2. The van der Waals surface area contributed by atoms with Gasteiger partial charge in [-0.1, -0.05) is 32.8 Å². The van der Waals surface area contributed by atoms with Crippen LogP contribution in [0.3, 0.4) is 0 Å². The quantitative estimate of drug-likeness (QED) is 0.822. The van der Waals surface area contributed by atoms with Gasteiger partial charge in [-0.2, -0.15) is 0 Å². The van der Waals surface area contributed by atoms with Crippen molar-refractivity contribution in [2.24, 2.45) is 11.1 Å². The number of amides is 1. The van der Waals surface area contributed by atoms with E-state index >= 15 is 0 Å². The Bertz CT molecular complexity index is 386. The van der Waals surface area contributed by atoms with E-state index in [4.69, 9.17) is 5.73 Å². The standard InChI is InChI=1S/C15H25N3O/c1-4-9-15(12-16,10-5-2)14(19)18(3)13-8-6-7-11-17-13/h6-8,11H,4-5,9-10,12,16H2,1-3H3. The molecular formula is C15H25N3O. The van der Waals surface area contributed by atoms with E-state index in [2.05, 4.69) is 18.8 Å². The number of anilines is 1. The highest BCUT2D eigenvalue weighted by molar-refractivity contribution is 5.96. The number of hydrogen-bond donors (Lipinski definition) is 1. The third kappa shape index (κ3) is 3.53. The minimum Gasteiger partial charge on any atom is -0.329 e. The van der Waals surface area contributed by atoms with Crippen LogP contribution in [0.1, 0.15) is 39.5 Å². The predicted octanol–water partition coefficient (Wildman–Crippen LogP) is 2.59. The Kier molecular flexibility index (Phi) is 5.96. The van der Waals surface area contributed by atoms with Gasteiger partial charge in [0.2, 0.25) is 5.91 Å². The maximum absolute atomic E-state index is 12.8. The molecule has 1 aromatic heterocycles. The van der Waals surface area contributed by atoms with Crippen LogP contribution in [-0.2, 0) is 4.79 Å². The van der Waals surface area contributed by atoms with E-state index < -0.39 is 5.41 Å². The molecule has 0 saturated heterocycles. The maximum atomic E-state index is 12.8. The third-order valence-corrected chi connectivity index (χ3v) is 3.60. The molecule has 19 heavy (non-hydrogen) atoms. The van der Waals surface area contributed by atoms with E-state index in [0.717, 1.165) is 25.7 Å². The Morgan fingerprint density at radius 2 is 1.95 bits per heavy atom. The van der Waals surface area contributed by atoms with Crippen molar-refractivity contribution < 1.29 is 4.79 Å². The van der Waals surface area contributed by atoms with E-state index in [0.29, 0.717) is 12.4 Å². The molecule has 2 N–H and O–H groups in total. The summed E-state index contributed by atoms with van der Waals surface area (Å²) in [7, 11) is 1.78. The van der Waals surface area contributed by atoms with Gasteiger partial charge < -0.3 is 5.73 Å². The number of pyridine rings is 1. The molecule has 0 aromatic carbocycles. The highest BCUT2D eigenvalue weighted by atomic mass is 16.2. The summed E-state index contributed by atoms with van der Waals surface area (Å²) in [5.74, 6) is 0.759. The van der Waals surface area contributed by atoms with Gasteiger partial charge in [-0.25, -0.2) is 4.98 Å². The lowest BCUT2D eigenvalue weighted by Gasteiger charge is -2.34. The van der Waals surface area contributed by atoms with Crippen molar-refractivity contribution in [3.63, 3.8) is 0 Å². The minimum atomic E-state index is -0.449. The van der Waals surface area contributed by atoms with Crippen LogP contribution in [0.4, 0.5) is 5.82 Å². The molecule has 4 heteroatoms. The molecule has 0 aliphatic heterocycles. The smallest absolute Gasteiger partial charge is 0.235 e. The van der Waals surface area contributed by atoms with Gasteiger partial charge in [-0.15, -0.1) is 0 Å². The zero-order valence-electron chi connectivity index (χ0n) is 12.2. The van der Waals surface area contributed by atoms with Crippen molar-refractivity contribution >= 4 is 11.7 Å². The summed E-state index contributed by atoms with van der Waals surface area (Å²) in [6, 6.07) is 5.57. The van der Waals surface area contributed by atoms with Crippen LogP contribution in [-0.4, -0.2) is 24.5 Å². The van der Waals surface area contributed by atoms with Crippen LogP contribution in [0.2, 0.25) is 0 Å². The number of carbonyl (C=O) groups excluding carboxylic acids is 1. The molecule has 0 atom stereocenters. The first-order valence-corrected chi connectivity index (χ1v) is 7.00. The van der Waals surface area contributed by atoms with Crippen molar-refractivity contribution in [3.8, 4) is 0 Å². The van der Waals surface area contributed by atoms with Gasteiger partial charge in [0.1, 0.15) is 5.82 Å². The number of carbonyl (C=O) groups is 1. The number of nitrogens with two attached hydrogens (primary N) is 1. The summed E-state index contributed by atoms with van der Waals surface area (Å²) in [6.45, 7) is 4.58. The molecule has 0 saturated carbocycles. The zero-order chi connectivity index (χ0) is 14.3. The van der Waals surface area contributed by atoms with Crippen molar-refractivity contribution in [3.05, 3.63) is 24.4 Å². The molecule has 1 amide bonds. The second kappa shape index (κ2) is 7.24. The molecule has 0 bridgehead atoms. The van der Waals surface area contributed by atoms with Crippen LogP contribution in [0, 0.1) is 5.41 Å². The van der Waals surface area contributed by atoms with E-state index in [-0.39, 0.29) is 5.91 Å². The average molecular weight is 263 g/mol. The van der Waals surface area contributed by atoms with Gasteiger partial charge in [0.25, 0.3) is 0 Å². The first-order valence-electron chi connectivity index (χ1n) is 7.00. The number of nitrogens with zero attached hydrogens (tertiary/aromatic N) is 2. The van der Waals surface area contributed by atoms with Crippen molar-refractivity contribution in [1.29, 1.82) is 0 Å². The first-order chi connectivity index (χ1) is 9.11. The van der Waals surface area contributed by atoms with E-state index in [1.807, 2.05) is 18.2 Å². The first kappa shape index (κ1) is 15.6. The average Bonchev–Trinajstić information content (AvgIpc) is 2.46. The highest BCUT2D eigenvalue weighted by Gasteiger charge is 2.38. The van der Waals surface area contributed by atoms with E-state index in [9.17, 15) is 4.79 Å². The summed E-state index contributed by atoms with van der Waals surface area (Å²) in [4.78, 5) is 18.7. The van der Waals surface area contributed by atoms with Gasteiger partial charge in [-0.3, -0.25) is 9.69 Å². The van der Waals surface area contributed by atoms with Crippen LogP contribution in [0.25, 0.3) is 0 Å². The third-order valence-electron chi connectivity index (χ3n) is 3.60. The topological polar surface area (TPSA) is 59.2 Å². The number of aromatic nitrogens is 1. The second-order valence-corrected chi connectivity index (χ2v) is 5.04. The fourth-order valence-corrected chi connectivity index (χ4v) is 2.60.